The van der Waals surface area contributed by atoms with Crippen LogP contribution < -0.4 is 5.73 Å². The van der Waals surface area contributed by atoms with Crippen LogP contribution in [0.3, 0.4) is 0 Å². The average molecular weight is 326 g/mol. The highest BCUT2D eigenvalue weighted by molar-refractivity contribution is 5.83. The second-order valence-corrected chi connectivity index (χ2v) is 7.59. The predicted octanol–water partition coefficient (Wildman–Crippen LogP) is 3.75. The predicted molar refractivity (Wildman–Crippen MR) is 97.0 cm³/mol. The third-order valence-electron chi connectivity index (χ3n) is 4.60. The van der Waals surface area contributed by atoms with Crippen LogP contribution in [-0.4, -0.2) is 36.2 Å². The average Bonchev–Trinajstić information content (AvgIpc) is 2.97. The van der Waals surface area contributed by atoms with Gasteiger partial charge in [-0.25, -0.2) is 4.79 Å². The van der Waals surface area contributed by atoms with Gasteiger partial charge in [0.1, 0.15) is 5.60 Å². The molecule has 2 aromatic carbocycles. The molecule has 4 nitrogen and oxygen atoms in total. The summed E-state index contributed by atoms with van der Waals surface area (Å²) in [7, 11) is 0. The van der Waals surface area contributed by atoms with Gasteiger partial charge in [0.15, 0.2) is 0 Å². The number of rotatable bonds is 2. The van der Waals surface area contributed by atoms with E-state index >= 15 is 0 Å². The van der Waals surface area contributed by atoms with E-state index in [1.165, 1.54) is 16.3 Å². The Morgan fingerprint density at radius 3 is 2.54 bits per heavy atom. The van der Waals surface area contributed by atoms with Crippen LogP contribution in [0.15, 0.2) is 42.5 Å². The highest BCUT2D eigenvalue weighted by Crippen LogP contribution is 2.34. The summed E-state index contributed by atoms with van der Waals surface area (Å²) < 4.78 is 5.52. The molecular formula is C20H26N2O2. The molecule has 4 heteroatoms. The Morgan fingerprint density at radius 1 is 1.17 bits per heavy atom. The molecule has 1 amide bonds. The van der Waals surface area contributed by atoms with E-state index in [1.807, 2.05) is 32.9 Å². The monoisotopic (exact) mass is 326 g/mol. The topological polar surface area (TPSA) is 55.6 Å². The number of nitrogens with two attached hydrogens (primary N) is 1. The maximum atomic E-state index is 12.4. The first kappa shape index (κ1) is 16.8. The lowest BCUT2D eigenvalue weighted by Gasteiger charge is -2.24. The van der Waals surface area contributed by atoms with E-state index < -0.39 is 5.60 Å². The largest absolute Gasteiger partial charge is 0.444 e. The lowest BCUT2D eigenvalue weighted by atomic mass is 9.88. The molecule has 0 bridgehead atoms. The van der Waals surface area contributed by atoms with Gasteiger partial charge in [0.05, 0.1) is 0 Å². The molecule has 0 radical (unpaired) electrons. The zero-order chi connectivity index (χ0) is 17.3. The number of hydrogen-bond donors (Lipinski definition) is 1. The van der Waals surface area contributed by atoms with Crippen molar-refractivity contribution in [2.45, 2.75) is 32.3 Å². The number of amides is 1. The van der Waals surface area contributed by atoms with E-state index in [2.05, 4.69) is 30.3 Å². The fourth-order valence-corrected chi connectivity index (χ4v) is 3.40. The molecule has 1 aliphatic rings. The molecular weight excluding hydrogens is 300 g/mol. The summed E-state index contributed by atoms with van der Waals surface area (Å²) in [6.07, 6.45) is -0.246. The smallest absolute Gasteiger partial charge is 0.410 e. The van der Waals surface area contributed by atoms with Crippen molar-refractivity contribution in [2.24, 2.45) is 11.7 Å². The van der Waals surface area contributed by atoms with E-state index in [1.54, 1.807) is 4.90 Å². The quantitative estimate of drug-likeness (QED) is 0.914. The summed E-state index contributed by atoms with van der Waals surface area (Å²) in [5.74, 6) is 0.519. The Bertz CT molecular complexity index is 736. The number of likely N-dealkylation sites (tertiary alicyclic amines) is 1. The second kappa shape index (κ2) is 6.44. The number of carbonyl (C=O) groups is 1. The third kappa shape index (κ3) is 3.54. The van der Waals surface area contributed by atoms with E-state index in [9.17, 15) is 4.79 Å². The highest BCUT2D eigenvalue weighted by Gasteiger charge is 2.37. The standard InChI is InChI=1S/C20H26N2O2/c1-20(2,3)24-19(23)22-12-17(11-21)18(13-22)16-9-8-14-6-4-5-7-15(14)10-16/h4-10,17-18H,11-13,21H2,1-3H3/t17-,18+/m1/s1. The highest BCUT2D eigenvalue weighted by atomic mass is 16.6. The fraction of sp³-hybridized carbons (Fsp3) is 0.450. The molecule has 1 aliphatic heterocycles. The molecule has 0 unspecified atom stereocenters. The van der Waals surface area contributed by atoms with Gasteiger partial charge in [-0.05, 0) is 49.6 Å². The van der Waals surface area contributed by atoms with Crippen LogP contribution in [0.25, 0.3) is 10.8 Å². The lowest BCUT2D eigenvalue weighted by molar-refractivity contribution is 0.0287. The van der Waals surface area contributed by atoms with Crippen LogP contribution in [-0.2, 0) is 4.74 Å². The zero-order valence-corrected chi connectivity index (χ0v) is 14.7. The van der Waals surface area contributed by atoms with Crippen LogP contribution >= 0.6 is 0 Å². The number of fused-ring (bicyclic) bond motifs is 1. The number of carbonyl (C=O) groups excluding carboxylic acids is 1. The first-order valence-corrected chi connectivity index (χ1v) is 8.54. The Morgan fingerprint density at radius 2 is 1.88 bits per heavy atom. The van der Waals surface area contributed by atoms with Crippen LogP contribution in [0.5, 0.6) is 0 Å². The Kier molecular flexibility index (Phi) is 4.50. The number of ether oxygens (including phenoxy) is 1. The summed E-state index contributed by atoms with van der Waals surface area (Å²) >= 11 is 0. The first-order chi connectivity index (χ1) is 11.4. The number of hydrogen-bond acceptors (Lipinski definition) is 3. The van der Waals surface area contributed by atoms with Crippen molar-refractivity contribution in [3.05, 3.63) is 48.0 Å². The molecule has 0 spiro atoms. The van der Waals surface area contributed by atoms with Crippen molar-refractivity contribution in [3.8, 4) is 0 Å². The van der Waals surface area contributed by atoms with Gasteiger partial charge in [-0.15, -0.1) is 0 Å². The van der Waals surface area contributed by atoms with E-state index in [0.717, 1.165) is 0 Å². The molecule has 1 saturated heterocycles. The minimum Gasteiger partial charge on any atom is -0.444 e. The molecule has 2 atom stereocenters. The minimum absolute atomic E-state index is 0.246. The van der Waals surface area contributed by atoms with Gasteiger partial charge in [0.2, 0.25) is 0 Å². The molecule has 24 heavy (non-hydrogen) atoms. The van der Waals surface area contributed by atoms with Crippen molar-refractivity contribution in [1.82, 2.24) is 4.90 Å². The third-order valence-corrected chi connectivity index (χ3v) is 4.60. The summed E-state index contributed by atoms with van der Waals surface area (Å²) in [4.78, 5) is 14.2. The molecule has 3 rings (SSSR count). The van der Waals surface area contributed by atoms with Gasteiger partial charge >= 0.3 is 6.09 Å². The molecule has 0 aliphatic carbocycles. The maximum Gasteiger partial charge on any atom is 0.410 e. The van der Waals surface area contributed by atoms with Crippen LogP contribution in [0.4, 0.5) is 4.79 Å². The van der Waals surface area contributed by atoms with Crippen LogP contribution in [0, 0.1) is 5.92 Å². The van der Waals surface area contributed by atoms with Crippen molar-refractivity contribution < 1.29 is 9.53 Å². The minimum atomic E-state index is -0.476. The van der Waals surface area contributed by atoms with E-state index in [0.29, 0.717) is 19.6 Å². The molecule has 1 heterocycles. The van der Waals surface area contributed by atoms with Gasteiger partial charge in [0, 0.05) is 19.0 Å². The fourth-order valence-electron chi connectivity index (χ4n) is 3.40. The molecule has 2 N–H and O–H groups in total. The molecule has 0 aromatic heterocycles. The Labute approximate surface area is 143 Å². The Balaban J connectivity index is 1.82. The SMILES string of the molecule is CC(C)(C)OC(=O)N1C[C@@H](CN)[C@H](c2ccc3ccccc3c2)C1. The molecule has 128 valence electrons. The van der Waals surface area contributed by atoms with Crippen LogP contribution in [0.1, 0.15) is 32.3 Å². The van der Waals surface area contributed by atoms with Crippen molar-refractivity contribution in [1.29, 1.82) is 0 Å². The number of benzene rings is 2. The van der Waals surface area contributed by atoms with Gasteiger partial charge < -0.3 is 15.4 Å². The van der Waals surface area contributed by atoms with Crippen molar-refractivity contribution in [3.63, 3.8) is 0 Å². The van der Waals surface area contributed by atoms with Gasteiger partial charge in [-0.1, -0.05) is 42.5 Å². The molecule has 1 fully saturated rings. The van der Waals surface area contributed by atoms with E-state index in [4.69, 9.17) is 10.5 Å². The van der Waals surface area contributed by atoms with Crippen LogP contribution in [0.2, 0.25) is 0 Å². The molecule has 0 saturated carbocycles. The number of nitrogens with zero attached hydrogens (tertiary/aromatic N) is 1. The maximum absolute atomic E-state index is 12.4. The van der Waals surface area contributed by atoms with Crippen molar-refractivity contribution >= 4 is 16.9 Å². The summed E-state index contributed by atoms with van der Waals surface area (Å²) in [5, 5.41) is 2.45. The normalized spacial score (nSPS) is 21.2. The summed E-state index contributed by atoms with van der Waals surface area (Å²) in [5.41, 5.74) is 6.75. The Hall–Kier alpha value is -2.07. The summed E-state index contributed by atoms with van der Waals surface area (Å²) in [6.45, 7) is 7.56. The lowest BCUT2D eigenvalue weighted by Crippen LogP contribution is -2.35. The van der Waals surface area contributed by atoms with Gasteiger partial charge in [-0.2, -0.15) is 0 Å². The zero-order valence-electron chi connectivity index (χ0n) is 14.7. The summed E-state index contributed by atoms with van der Waals surface area (Å²) in [6, 6.07) is 14.9. The van der Waals surface area contributed by atoms with E-state index in [-0.39, 0.29) is 17.9 Å². The van der Waals surface area contributed by atoms with Gasteiger partial charge in [-0.3, -0.25) is 0 Å². The molecule has 2 aromatic rings. The van der Waals surface area contributed by atoms with Gasteiger partial charge in [0.25, 0.3) is 0 Å². The second-order valence-electron chi connectivity index (χ2n) is 7.59. The van der Waals surface area contributed by atoms with Crippen molar-refractivity contribution in [2.75, 3.05) is 19.6 Å². The first-order valence-electron chi connectivity index (χ1n) is 8.54.